The first kappa shape index (κ1) is 13.5. The van der Waals surface area contributed by atoms with E-state index < -0.39 is 6.29 Å². The Morgan fingerprint density at radius 1 is 0.895 bits per heavy atom. The maximum absolute atomic E-state index is 12.1. The van der Waals surface area contributed by atoms with E-state index in [1.165, 1.54) is 0 Å². The third kappa shape index (κ3) is 3.74. The van der Waals surface area contributed by atoms with Crippen molar-refractivity contribution in [3.63, 3.8) is 0 Å². The van der Waals surface area contributed by atoms with Crippen LogP contribution in [0.1, 0.15) is 27.9 Å². The molecule has 0 aliphatic rings. The van der Waals surface area contributed by atoms with Crippen molar-refractivity contribution in [2.24, 2.45) is 0 Å². The maximum Gasteiger partial charge on any atom is 0.193 e. The van der Waals surface area contributed by atoms with Crippen molar-refractivity contribution >= 4 is 5.78 Å². The molecule has 0 saturated carbocycles. The summed E-state index contributed by atoms with van der Waals surface area (Å²) < 4.78 is 0. The molecule has 19 heavy (non-hydrogen) atoms. The minimum absolute atomic E-state index is 0.00524. The molecule has 0 atom stereocenters. The summed E-state index contributed by atoms with van der Waals surface area (Å²) >= 11 is 0. The van der Waals surface area contributed by atoms with Gasteiger partial charge in [-0.3, -0.25) is 4.79 Å². The molecule has 3 heteroatoms. The highest BCUT2D eigenvalue weighted by atomic mass is 16.5. The SMILES string of the molecule is O=C(c1ccccc1)c1ccc(CCC(O)O)cc1. The molecule has 0 saturated heterocycles. The Kier molecular flexibility index (Phi) is 4.44. The number of ketones is 1. The molecule has 0 aliphatic heterocycles. The van der Waals surface area contributed by atoms with Gasteiger partial charge in [-0.25, -0.2) is 0 Å². The lowest BCUT2D eigenvalue weighted by Crippen LogP contribution is -2.06. The Labute approximate surface area is 112 Å². The van der Waals surface area contributed by atoms with Crippen LogP contribution in [-0.4, -0.2) is 22.3 Å². The van der Waals surface area contributed by atoms with E-state index in [4.69, 9.17) is 10.2 Å². The normalized spacial score (nSPS) is 10.7. The summed E-state index contributed by atoms with van der Waals surface area (Å²) in [6, 6.07) is 16.4. The Balaban J connectivity index is 2.08. The molecule has 0 bridgehead atoms. The van der Waals surface area contributed by atoms with Crippen molar-refractivity contribution in [3.05, 3.63) is 71.3 Å². The highest BCUT2D eigenvalue weighted by Crippen LogP contribution is 2.12. The van der Waals surface area contributed by atoms with E-state index in [2.05, 4.69) is 0 Å². The fourth-order valence-corrected chi connectivity index (χ4v) is 1.87. The zero-order valence-electron chi connectivity index (χ0n) is 10.5. The van der Waals surface area contributed by atoms with E-state index in [0.717, 1.165) is 5.56 Å². The molecule has 0 aliphatic carbocycles. The largest absolute Gasteiger partial charge is 0.368 e. The van der Waals surface area contributed by atoms with Gasteiger partial charge in [0, 0.05) is 17.5 Å². The van der Waals surface area contributed by atoms with Crippen LogP contribution in [0.4, 0.5) is 0 Å². The number of aliphatic hydroxyl groups is 2. The third-order valence-corrected chi connectivity index (χ3v) is 2.94. The molecular formula is C16H16O3. The fraction of sp³-hybridized carbons (Fsp3) is 0.188. The maximum atomic E-state index is 12.1. The minimum Gasteiger partial charge on any atom is -0.368 e. The molecule has 0 aromatic heterocycles. The monoisotopic (exact) mass is 256 g/mol. The van der Waals surface area contributed by atoms with E-state index in [-0.39, 0.29) is 5.78 Å². The molecule has 2 rings (SSSR count). The molecule has 0 fully saturated rings. The Bertz CT molecular complexity index is 530. The zero-order chi connectivity index (χ0) is 13.7. The van der Waals surface area contributed by atoms with Gasteiger partial charge in [0.1, 0.15) is 0 Å². The Morgan fingerprint density at radius 2 is 1.47 bits per heavy atom. The number of hydrogen-bond acceptors (Lipinski definition) is 3. The number of hydrogen-bond donors (Lipinski definition) is 2. The highest BCUT2D eigenvalue weighted by molar-refractivity contribution is 6.08. The molecule has 0 radical (unpaired) electrons. The predicted molar refractivity (Wildman–Crippen MR) is 72.9 cm³/mol. The van der Waals surface area contributed by atoms with E-state index in [1.54, 1.807) is 24.3 Å². The standard InChI is InChI=1S/C16H16O3/c17-15(18)11-8-12-6-9-14(10-7-12)16(19)13-4-2-1-3-5-13/h1-7,9-10,15,17-18H,8,11H2. The number of carbonyl (C=O) groups is 1. The molecule has 0 spiro atoms. The molecule has 0 unspecified atom stereocenters. The van der Waals surface area contributed by atoms with Crippen LogP contribution < -0.4 is 0 Å². The van der Waals surface area contributed by atoms with Gasteiger partial charge < -0.3 is 10.2 Å². The van der Waals surface area contributed by atoms with Crippen molar-refractivity contribution in [2.75, 3.05) is 0 Å². The van der Waals surface area contributed by atoms with E-state index in [0.29, 0.717) is 24.0 Å². The van der Waals surface area contributed by atoms with Gasteiger partial charge in [0.05, 0.1) is 0 Å². The first-order valence-electron chi connectivity index (χ1n) is 6.21. The van der Waals surface area contributed by atoms with Crippen LogP contribution in [0.3, 0.4) is 0 Å². The fourth-order valence-electron chi connectivity index (χ4n) is 1.87. The molecule has 0 heterocycles. The molecule has 2 N–H and O–H groups in total. The van der Waals surface area contributed by atoms with Gasteiger partial charge in [0.15, 0.2) is 12.1 Å². The summed E-state index contributed by atoms with van der Waals surface area (Å²) in [5.41, 5.74) is 2.29. The highest BCUT2D eigenvalue weighted by Gasteiger charge is 2.08. The summed E-state index contributed by atoms with van der Waals surface area (Å²) in [5.74, 6) is -0.00524. The summed E-state index contributed by atoms with van der Waals surface area (Å²) in [6.07, 6.45) is -0.408. The van der Waals surface area contributed by atoms with Crippen LogP contribution in [0.5, 0.6) is 0 Å². The van der Waals surface area contributed by atoms with Crippen molar-refractivity contribution in [2.45, 2.75) is 19.1 Å². The molecule has 3 nitrogen and oxygen atoms in total. The van der Waals surface area contributed by atoms with Gasteiger partial charge in [-0.1, -0.05) is 54.6 Å². The van der Waals surface area contributed by atoms with Gasteiger partial charge in [-0.15, -0.1) is 0 Å². The lowest BCUT2D eigenvalue weighted by molar-refractivity contribution is -0.0447. The summed E-state index contributed by atoms with van der Waals surface area (Å²) in [7, 11) is 0. The Morgan fingerprint density at radius 3 is 2.05 bits per heavy atom. The second-order valence-electron chi connectivity index (χ2n) is 4.41. The van der Waals surface area contributed by atoms with Crippen molar-refractivity contribution in [3.8, 4) is 0 Å². The van der Waals surface area contributed by atoms with Crippen LogP contribution in [0.15, 0.2) is 54.6 Å². The topological polar surface area (TPSA) is 57.5 Å². The summed E-state index contributed by atoms with van der Waals surface area (Å²) in [4.78, 5) is 12.1. The van der Waals surface area contributed by atoms with Crippen molar-refractivity contribution in [1.82, 2.24) is 0 Å². The molecule has 0 amide bonds. The molecule has 2 aromatic rings. The lowest BCUT2D eigenvalue weighted by Gasteiger charge is -2.05. The van der Waals surface area contributed by atoms with Gasteiger partial charge in [0.2, 0.25) is 0 Å². The zero-order valence-corrected chi connectivity index (χ0v) is 10.5. The summed E-state index contributed by atoms with van der Waals surface area (Å²) in [6.45, 7) is 0. The average molecular weight is 256 g/mol. The number of aryl methyl sites for hydroxylation is 1. The van der Waals surface area contributed by atoms with Gasteiger partial charge in [-0.2, -0.15) is 0 Å². The van der Waals surface area contributed by atoms with Crippen molar-refractivity contribution < 1.29 is 15.0 Å². The number of benzene rings is 2. The second kappa shape index (κ2) is 6.27. The molecule has 2 aromatic carbocycles. The predicted octanol–water partition coefficient (Wildman–Crippen LogP) is 2.16. The Hall–Kier alpha value is -1.97. The number of aliphatic hydroxyl groups excluding tert-OH is 1. The van der Waals surface area contributed by atoms with Crippen LogP contribution >= 0.6 is 0 Å². The van der Waals surface area contributed by atoms with E-state index in [1.807, 2.05) is 30.3 Å². The van der Waals surface area contributed by atoms with E-state index >= 15 is 0 Å². The first-order valence-corrected chi connectivity index (χ1v) is 6.21. The smallest absolute Gasteiger partial charge is 0.193 e. The van der Waals surface area contributed by atoms with Crippen LogP contribution in [0.25, 0.3) is 0 Å². The number of rotatable bonds is 5. The lowest BCUT2D eigenvalue weighted by atomic mass is 10.0. The average Bonchev–Trinajstić information content (AvgIpc) is 2.46. The van der Waals surface area contributed by atoms with Crippen LogP contribution in [0.2, 0.25) is 0 Å². The van der Waals surface area contributed by atoms with Crippen LogP contribution in [-0.2, 0) is 6.42 Å². The number of carbonyl (C=O) groups excluding carboxylic acids is 1. The minimum atomic E-state index is -1.29. The molecule has 98 valence electrons. The van der Waals surface area contributed by atoms with Gasteiger partial charge in [-0.05, 0) is 12.0 Å². The van der Waals surface area contributed by atoms with Crippen LogP contribution in [0, 0.1) is 0 Å². The second-order valence-corrected chi connectivity index (χ2v) is 4.41. The van der Waals surface area contributed by atoms with Gasteiger partial charge in [0.25, 0.3) is 0 Å². The first-order chi connectivity index (χ1) is 9.16. The van der Waals surface area contributed by atoms with Crippen molar-refractivity contribution in [1.29, 1.82) is 0 Å². The third-order valence-electron chi connectivity index (χ3n) is 2.94. The quantitative estimate of drug-likeness (QED) is 0.636. The summed E-state index contributed by atoms with van der Waals surface area (Å²) in [5, 5.41) is 17.6. The van der Waals surface area contributed by atoms with Gasteiger partial charge >= 0.3 is 0 Å². The van der Waals surface area contributed by atoms with E-state index in [9.17, 15) is 4.79 Å². The molecular weight excluding hydrogens is 240 g/mol.